The Morgan fingerprint density at radius 1 is 1.21 bits per heavy atom. The average molecular weight is 359 g/mol. The Hall–Kier alpha value is -0.350. The molecule has 19 heavy (non-hydrogen) atoms. The van der Waals surface area contributed by atoms with Crippen LogP contribution in [0.15, 0.2) is 34.8 Å². The maximum Gasteiger partial charge on any atom is 0.0646 e. The number of hydrogen-bond donors (Lipinski definition) is 1. The zero-order valence-corrected chi connectivity index (χ0v) is 14.4. The Labute approximate surface area is 131 Å². The van der Waals surface area contributed by atoms with E-state index in [1.165, 1.54) is 9.75 Å². The quantitative estimate of drug-likeness (QED) is 0.752. The molecule has 2 aromatic rings. The summed E-state index contributed by atoms with van der Waals surface area (Å²) in [5.41, 5.74) is 7.53. The highest BCUT2D eigenvalue weighted by Gasteiger charge is 2.19. The Morgan fingerprint density at radius 3 is 2.42 bits per heavy atom. The van der Waals surface area contributed by atoms with Crippen molar-refractivity contribution >= 4 is 38.9 Å². The molecule has 1 nitrogen and oxygen atoms in total. The van der Waals surface area contributed by atoms with Gasteiger partial charge >= 0.3 is 0 Å². The van der Waals surface area contributed by atoms with E-state index >= 15 is 0 Å². The van der Waals surface area contributed by atoms with E-state index in [2.05, 4.69) is 48.8 Å². The lowest BCUT2D eigenvalue weighted by Gasteiger charge is -2.16. The molecule has 0 saturated carbocycles. The summed E-state index contributed by atoms with van der Waals surface area (Å²) in [4.78, 5) is 2.52. The fourth-order valence-electron chi connectivity index (χ4n) is 1.79. The maximum absolute atomic E-state index is 6.33. The largest absolute Gasteiger partial charge is 0.320 e. The van der Waals surface area contributed by atoms with Crippen LogP contribution < -0.4 is 5.73 Å². The second-order valence-corrected chi connectivity index (χ2v) is 7.98. The summed E-state index contributed by atoms with van der Waals surface area (Å²) in [6, 6.07) is 10.0. The highest BCUT2D eigenvalue weighted by Crippen LogP contribution is 2.35. The van der Waals surface area contributed by atoms with Crippen LogP contribution in [0.3, 0.4) is 0 Å². The van der Waals surface area contributed by atoms with Crippen LogP contribution in [0, 0.1) is 0 Å². The third kappa shape index (κ3) is 3.40. The minimum atomic E-state index is -0.119. The molecule has 0 aliphatic rings. The SMILES string of the molecule is CC(C)(C)c1ccc(C(N)c2ccc(Br)c(Cl)c2)s1. The van der Waals surface area contributed by atoms with Crippen LogP contribution in [-0.2, 0) is 5.41 Å². The summed E-state index contributed by atoms with van der Waals surface area (Å²) < 4.78 is 0.895. The Morgan fingerprint density at radius 2 is 1.89 bits per heavy atom. The normalized spacial score (nSPS) is 13.6. The van der Waals surface area contributed by atoms with Gasteiger partial charge in [-0.15, -0.1) is 11.3 Å². The van der Waals surface area contributed by atoms with E-state index in [-0.39, 0.29) is 11.5 Å². The first kappa shape index (κ1) is 15.0. The molecule has 0 bridgehead atoms. The molecular formula is C15H17BrClNS. The van der Waals surface area contributed by atoms with Crippen LogP contribution in [0.4, 0.5) is 0 Å². The van der Waals surface area contributed by atoms with Gasteiger partial charge in [0.2, 0.25) is 0 Å². The lowest BCUT2D eigenvalue weighted by molar-refractivity contribution is 0.604. The van der Waals surface area contributed by atoms with Crippen molar-refractivity contribution < 1.29 is 0 Å². The number of thiophene rings is 1. The first-order chi connectivity index (χ1) is 8.79. The van der Waals surface area contributed by atoms with E-state index < -0.39 is 0 Å². The molecule has 1 unspecified atom stereocenters. The predicted molar refractivity (Wildman–Crippen MR) is 88.2 cm³/mol. The van der Waals surface area contributed by atoms with Crippen LogP contribution in [0.1, 0.15) is 42.1 Å². The van der Waals surface area contributed by atoms with E-state index in [1.807, 2.05) is 18.2 Å². The van der Waals surface area contributed by atoms with E-state index in [1.54, 1.807) is 11.3 Å². The lowest BCUT2D eigenvalue weighted by Crippen LogP contribution is -2.10. The summed E-state index contributed by atoms with van der Waals surface area (Å²) >= 11 is 11.3. The Bertz CT molecular complexity index is 586. The molecule has 0 aliphatic carbocycles. The molecule has 0 aliphatic heterocycles. The van der Waals surface area contributed by atoms with Crippen LogP contribution in [0.5, 0.6) is 0 Å². The van der Waals surface area contributed by atoms with Crippen molar-refractivity contribution in [3.05, 3.63) is 55.1 Å². The lowest BCUT2D eigenvalue weighted by atomic mass is 9.95. The van der Waals surface area contributed by atoms with Crippen LogP contribution in [-0.4, -0.2) is 0 Å². The highest BCUT2D eigenvalue weighted by atomic mass is 79.9. The predicted octanol–water partition coefficient (Wildman–Crippen LogP) is 5.51. The summed E-state index contributed by atoms with van der Waals surface area (Å²) in [6.07, 6.45) is 0. The molecule has 0 radical (unpaired) electrons. The number of rotatable bonds is 2. The summed E-state index contributed by atoms with van der Waals surface area (Å²) in [7, 11) is 0. The van der Waals surface area contributed by atoms with Crippen LogP contribution in [0.25, 0.3) is 0 Å². The van der Waals surface area contributed by atoms with Crippen molar-refractivity contribution in [3.63, 3.8) is 0 Å². The van der Waals surface area contributed by atoms with Crippen molar-refractivity contribution in [3.8, 4) is 0 Å². The molecule has 1 aromatic heterocycles. The summed E-state index contributed by atoms with van der Waals surface area (Å²) in [5.74, 6) is 0. The molecule has 1 atom stereocenters. The summed E-state index contributed by atoms with van der Waals surface area (Å²) in [6.45, 7) is 6.64. The maximum atomic E-state index is 6.33. The third-order valence-electron chi connectivity index (χ3n) is 2.98. The highest BCUT2D eigenvalue weighted by molar-refractivity contribution is 9.10. The van der Waals surface area contributed by atoms with Crippen LogP contribution in [0.2, 0.25) is 5.02 Å². The van der Waals surface area contributed by atoms with Gasteiger partial charge < -0.3 is 5.73 Å². The Balaban J connectivity index is 2.31. The van der Waals surface area contributed by atoms with Gasteiger partial charge in [-0.05, 0) is 51.2 Å². The molecule has 2 N–H and O–H groups in total. The van der Waals surface area contributed by atoms with Gasteiger partial charge in [0.1, 0.15) is 0 Å². The minimum Gasteiger partial charge on any atom is -0.320 e. The van der Waals surface area contributed by atoms with E-state index in [4.69, 9.17) is 17.3 Å². The first-order valence-corrected chi connectivity index (χ1v) is 8.08. The molecule has 0 spiro atoms. The van der Waals surface area contributed by atoms with Crippen molar-refractivity contribution in [1.82, 2.24) is 0 Å². The zero-order valence-electron chi connectivity index (χ0n) is 11.2. The van der Waals surface area contributed by atoms with Crippen molar-refractivity contribution in [1.29, 1.82) is 0 Å². The molecule has 0 saturated heterocycles. The van der Waals surface area contributed by atoms with Gasteiger partial charge in [0, 0.05) is 14.2 Å². The number of benzene rings is 1. The van der Waals surface area contributed by atoms with E-state index in [0.29, 0.717) is 5.02 Å². The van der Waals surface area contributed by atoms with E-state index in [0.717, 1.165) is 10.0 Å². The van der Waals surface area contributed by atoms with Gasteiger partial charge in [0.25, 0.3) is 0 Å². The fraction of sp³-hybridized carbons (Fsp3) is 0.333. The molecular weight excluding hydrogens is 342 g/mol. The van der Waals surface area contributed by atoms with Gasteiger partial charge in [0.05, 0.1) is 11.1 Å². The molecule has 0 amide bonds. The zero-order chi connectivity index (χ0) is 14.2. The topological polar surface area (TPSA) is 26.0 Å². The van der Waals surface area contributed by atoms with Gasteiger partial charge in [-0.1, -0.05) is 38.4 Å². The molecule has 2 rings (SSSR count). The van der Waals surface area contributed by atoms with Gasteiger partial charge in [0.15, 0.2) is 0 Å². The number of hydrogen-bond acceptors (Lipinski definition) is 2. The molecule has 1 heterocycles. The van der Waals surface area contributed by atoms with E-state index in [9.17, 15) is 0 Å². The molecule has 0 fully saturated rings. The second kappa shape index (κ2) is 5.57. The number of halogens is 2. The standard InChI is InChI=1S/C15H17BrClNS/c1-15(2,3)13-7-6-12(19-13)14(18)9-4-5-10(16)11(17)8-9/h4-8,14H,18H2,1-3H3. The van der Waals surface area contributed by atoms with Crippen molar-refractivity contribution in [2.45, 2.75) is 32.2 Å². The number of nitrogens with two attached hydrogens (primary N) is 1. The fourth-order valence-corrected chi connectivity index (χ4v) is 3.32. The second-order valence-electron chi connectivity index (χ2n) is 5.60. The van der Waals surface area contributed by atoms with Crippen molar-refractivity contribution in [2.24, 2.45) is 5.73 Å². The monoisotopic (exact) mass is 357 g/mol. The third-order valence-corrected chi connectivity index (χ3v) is 5.80. The average Bonchev–Trinajstić information content (AvgIpc) is 2.81. The molecule has 1 aromatic carbocycles. The van der Waals surface area contributed by atoms with Gasteiger partial charge in [-0.25, -0.2) is 0 Å². The molecule has 4 heteroatoms. The van der Waals surface area contributed by atoms with Gasteiger partial charge in [-0.3, -0.25) is 0 Å². The summed E-state index contributed by atoms with van der Waals surface area (Å²) in [5, 5.41) is 0.695. The van der Waals surface area contributed by atoms with Gasteiger partial charge in [-0.2, -0.15) is 0 Å². The molecule has 102 valence electrons. The first-order valence-electron chi connectivity index (χ1n) is 6.10. The smallest absolute Gasteiger partial charge is 0.0646 e. The minimum absolute atomic E-state index is 0.119. The van der Waals surface area contributed by atoms with Crippen LogP contribution >= 0.6 is 38.9 Å². The Kier molecular flexibility index (Phi) is 4.41. The van der Waals surface area contributed by atoms with Crippen molar-refractivity contribution in [2.75, 3.05) is 0 Å².